The SMILES string of the molecule is O=C(NCP)Oc1cccc(-c2cncc(C(=O)OF)c2)c1. The molecule has 1 N–H and O–H groups in total. The number of halogens is 1. The topological polar surface area (TPSA) is 77.5 Å². The smallest absolute Gasteiger partial charge is 0.410 e. The first-order valence-corrected chi connectivity index (χ1v) is 7.00. The van der Waals surface area contributed by atoms with Crippen LogP contribution in [0.3, 0.4) is 0 Å². The third kappa shape index (κ3) is 3.99. The summed E-state index contributed by atoms with van der Waals surface area (Å²) in [5, 5.41) is 2.47. The molecule has 1 amide bonds. The van der Waals surface area contributed by atoms with Crippen LogP contribution >= 0.6 is 9.24 Å². The van der Waals surface area contributed by atoms with Crippen LogP contribution in [0.5, 0.6) is 5.75 Å². The Balaban J connectivity index is 2.26. The van der Waals surface area contributed by atoms with Gasteiger partial charge in [-0.1, -0.05) is 12.1 Å². The highest BCUT2D eigenvalue weighted by atomic mass is 31.0. The van der Waals surface area contributed by atoms with E-state index in [2.05, 4.69) is 24.5 Å². The Morgan fingerprint density at radius 2 is 2.05 bits per heavy atom. The van der Waals surface area contributed by atoms with Gasteiger partial charge in [0, 0.05) is 28.8 Å². The quantitative estimate of drug-likeness (QED) is 0.876. The summed E-state index contributed by atoms with van der Waals surface area (Å²) < 4.78 is 17.0. The van der Waals surface area contributed by atoms with E-state index in [9.17, 15) is 14.1 Å². The van der Waals surface area contributed by atoms with Crippen molar-refractivity contribution in [1.82, 2.24) is 10.3 Å². The van der Waals surface area contributed by atoms with Crippen molar-refractivity contribution in [3.63, 3.8) is 0 Å². The molecule has 0 aliphatic rings. The van der Waals surface area contributed by atoms with Crippen molar-refractivity contribution >= 4 is 21.3 Å². The first kappa shape index (κ1) is 15.9. The Bertz CT molecular complexity index is 696. The third-order valence-electron chi connectivity index (χ3n) is 2.67. The van der Waals surface area contributed by atoms with E-state index in [4.69, 9.17) is 4.74 Å². The largest absolute Gasteiger partial charge is 0.412 e. The third-order valence-corrected chi connectivity index (χ3v) is 2.87. The molecule has 22 heavy (non-hydrogen) atoms. The lowest BCUT2D eigenvalue weighted by Crippen LogP contribution is -2.25. The lowest BCUT2D eigenvalue weighted by molar-refractivity contribution is -0.0788. The summed E-state index contributed by atoms with van der Waals surface area (Å²) in [4.78, 5) is 29.6. The summed E-state index contributed by atoms with van der Waals surface area (Å²) in [7, 11) is 2.34. The van der Waals surface area contributed by atoms with Gasteiger partial charge in [0.1, 0.15) is 5.75 Å². The number of amides is 1. The van der Waals surface area contributed by atoms with Gasteiger partial charge in [0.2, 0.25) is 0 Å². The van der Waals surface area contributed by atoms with Gasteiger partial charge >= 0.3 is 12.1 Å². The molecule has 0 saturated carbocycles. The van der Waals surface area contributed by atoms with Gasteiger partial charge in [-0.2, -0.15) is 0 Å². The summed E-state index contributed by atoms with van der Waals surface area (Å²) in [6.45, 7) is 0. The van der Waals surface area contributed by atoms with Crippen LogP contribution in [0.4, 0.5) is 9.32 Å². The molecule has 6 nitrogen and oxygen atoms in total. The second-order valence-electron chi connectivity index (χ2n) is 4.13. The summed E-state index contributed by atoms with van der Waals surface area (Å²) in [6, 6.07) is 8.06. The lowest BCUT2D eigenvalue weighted by atomic mass is 10.1. The molecular formula is C14H12FN2O4P. The van der Waals surface area contributed by atoms with E-state index in [0.717, 1.165) is 0 Å². The Morgan fingerprint density at radius 1 is 1.23 bits per heavy atom. The number of nitrogens with one attached hydrogen (secondary N) is 1. The number of ether oxygens (including phenoxy) is 1. The van der Waals surface area contributed by atoms with Gasteiger partial charge in [-0.25, -0.2) is 14.5 Å². The van der Waals surface area contributed by atoms with Crippen LogP contribution in [0.1, 0.15) is 10.4 Å². The van der Waals surface area contributed by atoms with Crippen molar-refractivity contribution in [1.29, 1.82) is 0 Å². The zero-order chi connectivity index (χ0) is 15.9. The van der Waals surface area contributed by atoms with Crippen molar-refractivity contribution in [3.8, 4) is 16.9 Å². The molecular weight excluding hydrogens is 310 g/mol. The second kappa shape index (κ2) is 7.47. The van der Waals surface area contributed by atoms with Crippen LogP contribution in [0, 0.1) is 0 Å². The fourth-order valence-corrected chi connectivity index (χ4v) is 1.89. The molecule has 0 fully saturated rings. The number of rotatable bonds is 4. The molecule has 2 aromatic rings. The molecule has 1 heterocycles. The van der Waals surface area contributed by atoms with Crippen molar-refractivity contribution in [3.05, 3.63) is 48.3 Å². The average Bonchev–Trinajstić information content (AvgIpc) is 2.54. The molecule has 1 aromatic carbocycles. The van der Waals surface area contributed by atoms with Crippen LogP contribution in [-0.4, -0.2) is 23.3 Å². The normalized spacial score (nSPS) is 9.91. The van der Waals surface area contributed by atoms with E-state index in [1.807, 2.05) is 0 Å². The fourth-order valence-electron chi connectivity index (χ4n) is 1.72. The summed E-state index contributed by atoms with van der Waals surface area (Å²) in [5.41, 5.74) is 1.18. The van der Waals surface area contributed by atoms with Crippen LogP contribution < -0.4 is 10.1 Å². The molecule has 8 heteroatoms. The van der Waals surface area contributed by atoms with E-state index in [1.54, 1.807) is 24.3 Å². The molecule has 0 aliphatic carbocycles. The van der Waals surface area contributed by atoms with Crippen LogP contribution in [0.25, 0.3) is 11.1 Å². The van der Waals surface area contributed by atoms with E-state index in [-0.39, 0.29) is 5.56 Å². The van der Waals surface area contributed by atoms with Gasteiger partial charge in [-0.15, -0.1) is 9.24 Å². The zero-order valence-corrected chi connectivity index (χ0v) is 12.4. The van der Waals surface area contributed by atoms with Crippen molar-refractivity contribution < 1.29 is 23.8 Å². The fraction of sp³-hybridized carbons (Fsp3) is 0.0714. The molecule has 1 unspecified atom stereocenters. The molecule has 1 aromatic heterocycles. The number of pyridine rings is 1. The van der Waals surface area contributed by atoms with Crippen molar-refractivity contribution in [2.24, 2.45) is 0 Å². The standard InChI is InChI=1S/C14H12FN2O4P/c15-21-13(18)11-4-10(6-16-7-11)9-2-1-3-12(5-9)20-14(19)17-8-22/h1-7H,8,22H2,(H,17,19). The molecule has 0 spiro atoms. The Kier molecular flexibility index (Phi) is 5.38. The Morgan fingerprint density at radius 3 is 2.77 bits per heavy atom. The van der Waals surface area contributed by atoms with Gasteiger partial charge in [0.15, 0.2) is 0 Å². The maximum atomic E-state index is 11.9. The van der Waals surface area contributed by atoms with Gasteiger partial charge in [-0.05, 0) is 23.8 Å². The predicted octanol–water partition coefficient (Wildman–Crippen LogP) is 2.71. The van der Waals surface area contributed by atoms with Gasteiger partial charge in [0.25, 0.3) is 0 Å². The number of carbonyl (C=O) groups is 2. The van der Waals surface area contributed by atoms with Crippen molar-refractivity contribution in [2.75, 3.05) is 6.29 Å². The minimum absolute atomic E-state index is 0.0212. The highest BCUT2D eigenvalue weighted by Gasteiger charge is 2.11. The zero-order valence-electron chi connectivity index (χ0n) is 11.3. The maximum Gasteiger partial charge on any atom is 0.412 e. The van der Waals surface area contributed by atoms with Gasteiger partial charge in [0.05, 0.1) is 5.56 Å². The molecule has 0 bridgehead atoms. The number of aromatic nitrogens is 1. The first-order chi connectivity index (χ1) is 10.6. The van der Waals surface area contributed by atoms with Gasteiger partial charge in [-0.3, -0.25) is 4.98 Å². The van der Waals surface area contributed by atoms with E-state index < -0.39 is 12.1 Å². The lowest BCUT2D eigenvalue weighted by Gasteiger charge is -2.07. The highest BCUT2D eigenvalue weighted by molar-refractivity contribution is 7.16. The van der Waals surface area contributed by atoms with Gasteiger partial charge < -0.3 is 10.1 Å². The molecule has 2 rings (SSSR count). The number of hydrogen-bond donors (Lipinski definition) is 1. The number of benzene rings is 1. The van der Waals surface area contributed by atoms with E-state index in [1.165, 1.54) is 18.5 Å². The van der Waals surface area contributed by atoms with Crippen molar-refractivity contribution in [2.45, 2.75) is 0 Å². The monoisotopic (exact) mass is 322 g/mol. The number of carbonyl (C=O) groups excluding carboxylic acids is 2. The van der Waals surface area contributed by atoms with E-state index in [0.29, 0.717) is 23.2 Å². The molecule has 0 aliphatic heterocycles. The van der Waals surface area contributed by atoms with Crippen LogP contribution in [0.15, 0.2) is 42.7 Å². The summed E-state index contributed by atoms with van der Waals surface area (Å²) in [6.07, 6.45) is 2.48. The first-order valence-electron chi connectivity index (χ1n) is 6.18. The molecule has 0 radical (unpaired) electrons. The molecule has 114 valence electrons. The number of nitrogens with zero attached hydrogens (tertiary/aromatic N) is 1. The predicted molar refractivity (Wildman–Crippen MR) is 79.9 cm³/mol. The minimum atomic E-state index is -1.12. The Labute approximate surface area is 127 Å². The maximum absolute atomic E-state index is 11.9. The Hall–Kier alpha value is -2.53. The molecule has 0 saturated heterocycles. The van der Waals surface area contributed by atoms with Crippen LogP contribution in [-0.2, 0) is 4.94 Å². The minimum Gasteiger partial charge on any atom is -0.410 e. The van der Waals surface area contributed by atoms with E-state index >= 15 is 0 Å². The average molecular weight is 322 g/mol. The number of hydrogen-bond acceptors (Lipinski definition) is 5. The second-order valence-corrected chi connectivity index (χ2v) is 4.53. The summed E-state index contributed by atoms with van der Waals surface area (Å²) >= 11 is 0. The highest BCUT2D eigenvalue weighted by Crippen LogP contribution is 2.24. The van der Waals surface area contributed by atoms with Crippen LogP contribution in [0.2, 0.25) is 0 Å². The molecule has 1 atom stereocenters. The summed E-state index contributed by atoms with van der Waals surface area (Å²) in [5.74, 6) is -0.798.